The van der Waals surface area contributed by atoms with Gasteiger partial charge in [-0.05, 0) is 55.2 Å². The minimum atomic E-state index is -0.299. The van der Waals surface area contributed by atoms with Crippen LogP contribution in [0.25, 0.3) is 0 Å². The lowest BCUT2D eigenvalue weighted by atomic mass is 10.1. The van der Waals surface area contributed by atoms with Crippen molar-refractivity contribution in [3.05, 3.63) is 66.4 Å². The molecule has 0 atom stereocenters. The largest absolute Gasteiger partial charge is 0.439 e. The van der Waals surface area contributed by atoms with Gasteiger partial charge in [-0.3, -0.25) is 0 Å². The number of rotatable bonds is 6. The Balaban J connectivity index is 1.39. The van der Waals surface area contributed by atoms with Crippen molar-refractivity contribution in [2.75, 3.05) is 23.3 Å². The summed E-state index contributed by atoms with van der Waals surface area (Å²) in [6.45, 7) is 2.68. The lowest BCUT2D eigenvalue weighted by molar-refractivity contribution is 0.460. The van der Waals surface area contributed by atoms with E-state index in [-0.39, 0.29) is 5.82 Å². The second-order valence-corrected chi connectivity index (χ2v) is 6.72. The van der Waals surface area contributed by atoms with Crippen LogP contribution in [0.15, 0.2) is 55.0 Å². The van der Waals surface area contributed by atoms with Gasteiger partial charge in [0.1, 0.15) is 29.5 Å². The zero-order chi connectivity index (χ0) is 19.2. The standard InChI is InChI=1S/C21H22FN5O/c22-17-4-6-18(7-5-17)28-21-12-16(8-9-23-21)14-24-19-13-20(26-15-25-19)27-10-2-1-3-11-27/h4-9,12-13,15H,1-3,10-11,14H2,(H,24,25,26). The molecule has 1 aromatic carbocycles. The molecular formula is C21H22FN5O. The van der Waals surface area contributed by atoms with E-state index in [0.717, 1.165) is 30.3 Å². The molecule has 0 spiro atoms. The van der Waals surface area contributed by atoms with Gasteiger partial charge in [-0.15, -0.1) is 0 Å². The molecule has 0 saturated carbocycles. The topological polar surface area (TPSA) is 63.2 Å². The number of nitrogens with zero attached hydrogens (tertiary/aromatic N) is 4. The molecular weight excluding hydrogens is 357 g/mol. The summed E-state index contributed by atoms with van der Waals surface area (Å²) < 4.78 is 18.7. The van der Waals surface area contributed by atoms with E-state index >= 15 is 0 Å². The molecule has 7 heteroatoms. The van der Waals surface area contributed by atoms with Crippen molar-refractivity contribution in [3.63, 3.8) is 0 Å². The first-order valence-electron chi connectivity index (χ1n) is 9.45. The van der Waals surface area contributed by atoms with Gasteiger partial charge in [0.25, 0.3) is 0 Å². The summed E-state index contributed by atoms with van der Waals surface area (Å²) in [5, 5.41) is 3.33. The van der Waals surface area contributed by atoms with Crippen molar-refractivity contribution in [2.45, 2.75) is 25.8 Å². The molecule has 0 amide bonds. The molecule has 1 N–H and O–H groups in total. The first-order chi connectivity index (χ1) is 13.8. The predicted molar refractivity (Wildman–Crippen MR) is 106 cm³/mol. The maximum absolute atomic E-state index is 13.0. The fourth-order valence-electron chi connectivity index (χ4n) is 3.17. The number of ether oxygens (including phenoxy) is 1. The normalized spacial score (nSPS) is 14.0. The average Bonchev–Trinajstić information content (AvgIpc) is 2.75. The number of anilines is 2. The molecule has 3 aromatic rings. The number of hydrogen-bond donors (Lipinski definition) is 1. The Kier molecular flexibility index (Phi) is 5.61. The van der Waals surface area contributed by atoms with Gasteiger partial charge in [-0.25, -0.2) is 19.3 Å². The van der Waals surface area contributed by atoms with Crippen LogP contribution in [0.1, 0.15) is 24.8 Å². The highest BCUT2D eigenvalue weighted by molar-refractivity contribution is 5.49. The van der Waals surface area contributed by atoms with Crippen molar-refractivity contribution in [2.24, 2.45) is 0 Å². The lowest BCUT2D eigenvalue weighted by Gasteiger charge is -2.27. The minimum absolute atomic E-state index is 0.299. The highest BCUT2D eigenvalue weighted by Crippen LogP contribution is 2.22. The summed E-state index contributed by atoms with van der Waals surface area (Å²) in [6, 6.07) is 11.6. The molecule has 1 aliphatic rings. The fourth-order valence-corrected chi connectivity index (χ4v) is 3.17. The van der Waals surface area contributed by atoms with Crippen LogP contribution >= 0.6 is 0 Å². The fraction of sp³-hybridized carbons (Fsp3) is 0.286. The Labute approximate surface area is 163 Å². The third-order valence-electron chi connectivity index (χ3n) is 4.64. The number of halogens is 1. The van der Waals surface area contributed by atoms with E-state index in [1.54, 1.807) is 24.7 Å². The third-order valence-corrected chi connectivity index (χ3v) is 4.64. The lowest BCUT2D eigenvalue weighted by Crippen LogP contribution is -2.30. The first kappa shape index (κ1) is 18.2. The maximum Gasteiger partial charge on any atom is 0.219 e. The van der Waals surface area contributed by atoms with E-state index in [2.05, 4.69) is 25.2 Å². The zero-order valence-corrected chi connectivity index (χ0v) is 15.5. The van der Waals surface area contributed by atoms with Gasteiger partial charge in [0.05, 0.1) is 0 Å². The van der Waals surface area contributed by atoms with E-state index in [1.807, 2.05) is 18.2 Å². The van der Waals surface area contributed by atoms with Crippen molar-refractivity contribution < 1.29 is 9.13 Å². The van der Waals surface area contributed by atoms with Gasteiger partial charge in [0.2, 0.25) is 5.88 Å². The van der Waals surface area contributed by atoms with Crippen LogP contribution < -0.4 is 15.0 Å². The van der Waals surface area contributed by atoms with Crippen LogP contribution in [0.2, 0.25) is 0 Å². The Morgan fingerprint density at radius 1 is 0.964 bits per heavy atom. The van der Waals surface area contributed by atoms with Gasteiger partial charge < -0.3 is 15.0 Å². The van der Waals surface area contributed by atoms with Crippen LogP contribution in [-0.2, 0) is 6.54 Å². The van der Waals surface area contributed by atoms with Crippen LogP contribution in [0.4, 0.5) is 16.0 Å². The molecule has 2 aromatic heterocycles. The summed E-state index contributed by atoms with van der Waals surface area (Å²) >= 11 is 0. The van der Waals surface area contributed by atoms with E-state index in [9.17, 15) is 4.39 Å². The highest BCUT2D eigenvalue weighted by Gasteiger charge is 2.12. The number of piperidine rings is 1. The second-order valence-electron chi connectivity index (χ2n) is 6.72. The summed E-state index contributed by atoms with van der Waals surface area (Å²) in [6.07, 6.45) is 7.00. The SMILES string of the molecule is Fc1ccc(Oc2cc(CNc3cc(N4CCCCC4)ncn3)ccn2)cc1. The molecule has 144 valence electrons. The Hall–Kier alpha value is -3.22. The predicted octanol–water partition coefficient (Wildman–Crippen LogP) is 4.41. The number of hydrogen-bond acceptors (Lipinski definition) is 6. The summed E-state index contributed by atoms with van der Waals surface area (Å²) in [7, 11) is 0. The molecule has 0 unspecified atom stereocenters. The van der Waals surface area contributed by atoms with Crippen LogP contribution in [0, 0.1) is 5.82 Å². The van der Waals surface area contributed by atoms with Crippen LogP contribution in [-0.4, -0.2) is 28.0 Å². The van der Waals surface area contributed by atoms with Crippen molar-refractivity contribution in [3.8, 4) is 11.6 Å². The number of benzene rings is 1. The average molecular weight is 379 g/mol. The number of nitrogens with one attached hydrogen (secondary N) is 1. The zero-order valence-electron chi connectivity index (χ0n) is 15.5. The quantitative estimate of drug-likeness (QED) is 0.685. The van der Waals surface area contributed by atoms with Crippen molar-refractivity contribution in [1.82, 2.24) is 15.0 Å². The highest BCUT2D eigenvalue weighted by atomic mass is 19.1. The Morgan fingerprint density at radius 3 is 2.61 bits per heavy atom. The van der Waals surface area contributed by atoms with Gasteiger partial charge in [-0.1, -0.05) is 0 Å². The molecule has 4 rings (SSSR count). The third kappa shape index (κ3) is 4.73. The summed E-state index contributed by atoms with van der Waals surface area (Å²) in [5.74, 6) is 2.45. The van der Waals surface area contributed by atoms with Crippen LogP contribution in [0.5, 0.6) is 11.6 Å². The van der Waals surface area contributed by atoms with Gasteiger partial charge in [0.15, 0.2) is 0 Å². The number of pyridine rings is 1. The summed E-state index contributed by atoms with van der Waals surface area (Å²) in [5.41, 5.74) is 1.00. The molecule has 0 radical (unpaired) electrons. The Morgan fingerprint density at radius 2 is 1.79 bits per heavy atom. The molecule has 6 nitrogen and oxygen atoms in total. The Bertz CT molecular complexity index is 913. The molecule has 3 heterocycles. The van der Waals surface area contributed by atoms with Gasteiger partial charge in [-0.2, -0.15) is 0 Å². The van der Waals surface area contributed by atoms with E-state index in [1.165, 1.54) is 31.4 Å². The molecule has 0 bridgehead atoms. The van der Waals surface area contributed by atoms with Crippen molar-refractivity contribution >= 4 is 11.6 Å². The molecule has 1 saturated heterocycles. The second kappa shape index (κ2) is 8.65. The molecule has 1 aliphatic heterocycles. The summed E-state index contributed by atoms with van der Waals surface area (Å²) in [4.78, 5) is 15.2. The monoisotopic (exact) mass is 379 g/mol. The van der Waals surface area contributed by atoms with E-state index < -0.39 is 0 Å². The minimum Gasteiger partial charge on any atom is -0.439 e. The van der Waals surface area contributed by atoms with E-state index in [0.29, 0.717) is 18.2 Å². The van der Waals surface area contributed by atoms with Gasteiger partial charge >= 0.3 is 0 Å². The smallest absolute Gasteiger partial charge is 0.219 e. The molecule has 1 fully saturated rings. The van der Waals surface area contributed by atoms with Crippen LogP contribution in [0.3, 0.4) is 0 Å². The molecule has 0 aliphatic carbocycles. The first-order valence-corrected chi connectivity index (χ1v) is 9.45. The van der Waals surface area contributed by atoms with E-state index in [4.69, 9.17) is 4.74 Å². The number of aromatic nitrogens is 3. The molecule has 28 heavy (non-hydrogen) atoms. The van der Waals surface area contributed by atoms with Crippen molar-refractivity contribution in [1.29, 1.82) is 0 Å². The van der Waals surface area contributed by atoms with Gasteiger partial charge in [0, 0.05) is 38.0 Å². The maximum atomic E-state index is 13.0.